The lowest BCUT2D eigenvalue weighted by atomic mass is 10.1. The highest BCUT2D eigenvalue weighted by molar-refractivity contribution is 6.02. The van der Waals surface area contributed by atoms with E-state index in [4.69, 9.17) is 0 Å². The molecular weight excluding hydrogens is 352 g/mol. The number of likely N-dealkylation sites (tertiary alicyclic amines) is 1. The van der Waals surface area contributed by atoms with Gasteiger partial charge >= 0.3 is 0 Å². The molecule has 0 aliphatic carbocycles. The van der Waals surface area contributed by atoms with E-state index >= 15 is 0 Å². The minimum absolute atomic E-state index is 0.0120. The van der Waals surface area contributed by atoms with Gasteiger partial charge < -0.3 is 10.2 Å². The molecule has 0 atom stereocenters. The molecule has 1 N–H and O–H groups in total. The van der Waals surface area contributed by atoms with E-state index in [1.165, 1.54) is 0 Å². The number of carbonyl (C=O) groups is 2. The Morgan fingerprint density at radius 2 is 1.43 bits per heavy atom. The van der Waals surface area contributed by atoms with Crippen LogP contribution in [0.4, 0.5) is 5.69 Å². The third-order valence-electron chi connectivity index (χ3n) is 5.71. The first-order chi connectivity index (χ1) is 13.7. The van der Waals surface area contributed by atoms with Crippen LogP contribution in [0.3, 0.4) is 0 Å². The van der Waals surface area contributed by atoms with Gasteiger partial charge in [-0.2, -0.15) is 0 Å². The maximum absolute atomic E-state index is 12.5. The Morgan fingerprint density at radius 3 is 2.18 bits per heavy atom. The van der Waals surface area contributed by atoms with Gasteiger partial charge in [0.1, 0.15) is 0 Å². The SMILES string of the molecule is O=C(CN1CCN(CC(=O)N2CCCC2)CC1)Nc1cccc2ccccc12. The van der Waals surface area contributed by atoms with Crippen molar-refractivity contribution in [3.63, 3.8) is 0 Å². The van der Waals surface area contributed by atoms with Gasteiger partial charge in [-0.3, -0.25) is 19.4 Å². The summed E-state index contributed by atoms with van der Waals surface area (Å²) in [4.78, 5) is 31.2. The molecule has 2 amide bonds. The number of hydrogen-bond donors (Lipinski definition) is 1. The Morgan fingerprint density at radius 1 is 0.786 bits per heavy atom. The van der Waals surface area contributed by atoms with Crippen molar-refractivity contribution in [3.8, 4) is 0 Å². The monoisotopic (exact) mass is 380 g/mol. The molecule has 6 nitrogen and oxygen atoms in total. The molecule has 0 bridgehead atoms. The van der Waals surface area contributed by atoms with Crippen LogP contribution < -0.4 is 5.32 Å². The topological polar surface area (TPSA) is 55.9 Å². The number of hydrogen-bond acceptors (Lipinski definition) is 4. The van der Waals surface area contributed by atoms with Gasteiger partial charge in [-0.05, 0) is 24.3 Å². The van der Waals surface area contributed by atoms with Gasteiger partial charge in [0.25, 0.3) is 0 Å². The Hall–Kier alpha value is -2.44. The van der Waals surface area contributed by atoms with Crippen molar-refractivity contribution >= 4 is 28.3 Å². The van der Waals surface area contributed by atoms with Crippen LogP contribution in [-0.4, -0.2) is 78.9 Å². The van der Waals surface area contributed by atoms with Crippen molar-refractivity contribution in [2.24, 2.45) is 0 Å². The van der Waals surface area contributed by atoms with Crippen molar-refractivity contribution in [2.45, 2.75) is 12.8 Å². The van der Waals surface area contributed by atoms with Crippen LogP contribution in [0.2, 0.25) is 0 Å². The fraction of sp³-hybridized carbons (Fsp3) is 0.455. The molecule has 0 unspecified atom stereocenters. The smallest absolute Gasteiger partial charge is 0.238 e. The molecule has 0 saturated carbocycles. The van der Waals surface area contributed by atoms with E-state index in [2.05, 4.69) is 15.1 Å². The summed E-state index contributed by atoms with van der Waals surface area (Å²) >= 11 is 0. The Balaban J connectivity index is 1.25. The summed E-state index contributed by atoms with van der Waals surface area (Å²) in [7, 11) is 0. The van der Waals surface area contributed by atoms with Crippen molar-refractivity contribution in [3.05, 3.63) is 42.5 Å². The van der Waals surface area contributed by atoms with Gasteiger partial charge in [-0.25, -0.2) is 0 Å². The highest BCUT2D eigenvalue weighted by atomic mass is 16.2. The van der Waals surface area contributed by atoms with Gasteiger partial charge in [0.2, 0.25) is 11.8 Å². The zero-order valence-corrected chi connectivity index (χ0v) is 16.3. The molecule has 0 radical (unpaired) electrons. The fourth-order valence-corrected chi connectivity index (χ4v) is 4.09. The molecule has 2 aliphatic rings. The molecule has 0 spiro atoms. The molecule has 0 aromatic heterocycles. The number of fused-ring (bicyclic) bond motifs is 1. The summed E-state index contributed by atoms with van der Waals surface area (Å²) in [5, 5.41) is 5.24. The Bertz CT molecular complexity index is 834. The lowest BCUT2D eigenvalue weighted by Gasteiger charge is -2.34. The summed E-state index contributed by atoms with van der Waals surface area (Å²) < 4.78 is 0. The zero-order valence-electron chi connectivity index (χ0n) is 16.3. The molecule has 2 heterocycles. The average Bonchev–Trinajstić information content (AvgIpc) is 3.25. The summed E-state index contributed by atoms with van der Waals surface area (Å²) in [5.41, 5.74) is 0.859. The maximum Gasteiger partial charge on any atom is 0.238 e. The van der Waals surface area contributed by atoms with E-state index in [9.17, 15) is 9.59 Å². The van der Waals surface area contributed by atoms with E-state index in [-0.39, 0.29) is 11.8 Å². The van der Waals surface area contributed by atoms with Crippen LogP contribution in [0.25, 0.3) is 10.8 Å². The highest BCUT2D eigenvalue weighted by Gasteiger charge is 2.24. The van der Waals surface area contributed by atoms with E-state index in [1.54, 1.807) is 0 Å². The molecule has 2 aliphatic heterocycles. The van der Waals surface area contributed by atoms with Crippen LogP contribution in [0.15, 0.2) is 42.5 Å². The number of nitrogens with zero attached hydrogens (tertiary/aromatic N) is 3. The van der Waals surface area contributed by atoms with Gasteiger partial charge in [-0.1, -0.05) is 36.4 Å². The number of benzene rings is 2. The summed E-state index contributed by atoms with van der Waals surface area (Å²) in [6.45, 7) is 6.02. The third-order valence-corrected chi connectivity index (χ3v) is 5.71. The third kappa shape index (κ3) is 4.51. The molecule has 28 heavy (non-hydrogen) atoms. The second kappa shape index (κ2) is 8.71. The lowest BCUT2D eigenvalue weighted by Crippen LogP contribution is -2.51. The van der Waals surface area contributed by atoms with Gasteiger partial charge in [0.05, 0.1) is 13.1 Å². The predicted octanol–water partition coefficient (Wildman–Crippen LogP) is 2.02. The van der Waals surface area contributed by atoms with E-state index in [0.717, 1.165) is 68.6 Å². The Kier molecular flexibility index (Phi) is 5.88. The number of anilines is 1. The first-order valence-corrected chi connectivity index (χ1v) is 10.2. The van der Waals surface area contributed by atoms with Gasteiger partial charge in [0, 0.05) is 50.3 Å². The quantitative estimate of drug-likeness (QED) is 0.862. The molecule has 2 saturated heterocycles. The molecule has 2 aromatic rings. The summed E-state index contributed by atoms with van der Waals surface area (Å²) in [5.74, 6) is 0.262. The molecule has 4 rings (SSSR count). The molecule has 2 fully saturated rings. The number of carbonyl (C=O) groups excluding carboxylic acids is 2. The van der Waals surface area contributed by atoms with Crippen LogP contribution in [0.1, 0.15) is 12.8 Å². The molecule has 2 aromatic carbocycles. The van der Waals surface area contributed by atoms with E-state index < -0.39 is 0 Å². The second-order valence-electron chi connectivity index (χ2n) is 7.72. The largest absolute Gasteiger partial charge is 0.342 e. The fourth-order valence-electron chi connectivity index (χ4n) is 4.09. The van der Waals surface area contributed by atoms with Gasteiger partial charge in [-0.15, -0.1) is 0 Å². The molecule has 148 valence electrons. The van der Waals surface area contributed by atoms with Crippen LogP contribution in [-0.2, 0) is 9.59 Å². The summed E-state index contributed by atoms with van der Waals surface area (Å²) in [6, 6.07) is 14.0. The van der Waals surface area contributed by atoms with Crippen LogP contribution in [0.5, 0.6) is 0 Å². The van der Waals surface area contributed by atoms with Crippen molar-refractivity contribution in [1.29, 1.82) is 0 Å². The highest BCUT2D eigenvalue weighted by Crippen LogP contribution is 2.22. The zero-order chi connectivity index (χ0) is 19.3. The minimum Gasteiger partial charge on any atom is -0.342 e. The maximum atomic E-state index is 12.5. The second-order valence-corrected chi connectivity index (χ2v) is 7.72. The number of piperazine rings is 1. The van der Waals surface area contributed by atoms with E-state index in [0.29, 0.717) is 13.1 Å². The number of nitrogens with one attached hydrogen (secondary N) is 1. The standard InChI is InChI=1S/C22H28N4O2/c27-21(23-20-9-5-7-18-6-1-2-8-19(18)20)16-24-12-14-25(15-13-24)17-22(28)26-10-3-4-11-26/h1-2,5-9H,3-4,10-17H2,(H,23,27). The number of rotatable bonds is 5. The lowest BCUT2D eigenvalue weighted by molar-refractivity contribution is -0.132. The van der Waals surface area contributed by atoms with Crippen molar-refractivity contribution in [1.82, 2.24) is 14.7 Å². The van der Waals surface area contributed by atoms with Crippen molar-refractivity contribution in [2.75, 3.05) is 57.7 Å². The summed E-state index contributed by atoms with van der Waals surface area (Å²) in [6.07, 6.45) is 2.26. The molecular formula is C22H28N4O2. The Labute approximate surface area is 166 Å². The average molecular weight is 380 g/mol. The molecule has 6 heteroatoms. The first-order valence-electron chi connectivity index (χ1n) is 10.2. The number of amides is 2. The minimum atomic E-state index is 0.0120. The van der Waals surface area contributed by atoms with E-state index in [1.807, 2.05) is 47.4 Å². The first kappa shape index (κ1) is 18.9. The predicted molar refractivity (Wildman–Crippen MR) is 111 cm³/mol. The van der Waals surface area contributed by atoms with Crippen LogP contribution >= 0.6 is 0 Å². The van der Waals surface area contributed by atoms with Gasteiger partial charge in [0.15, 0.2) is 0 Å². The van der Waals surface area contributed by atoms with Crippen molar-refractivity contribution < 1.29 is 9.59 Å². The van der Waals surface area contributed by atoms with Crippen LogP contribution in [0, 0.1) is 0 Å². The normalized spacial score (nSPS) is 18.5.